The van der Waals surface area contributed by atoms with Crippen LogP contribution in [-0.4, -0.2) is 115 Å². The summed E-state index contributed by atoms with van der Waals surface area (Å²) in [4.78, 5) is 75.9. The van der Waals surface area contributed by atoms with Gasteiger partial charge in [0.05, 0.1) is 36.9 Å². The SMILES string of the molecule is CC1COc2ccccc2N1C(=O)C(Cl)Cl.CCOC(=O)C(Cl)Cc1cc(-n2nc(C)n(C(F)F)c2=O)c(F)cc1Cl.CCc1cccc(CC)c1N(COC)C(=O)CCl.O=C(O)CNCP(=O)(O)O. The zero-order valence-electron chi connectivity index (χ0n) is 38.6. The van der Waals surface area contributed by atoms with Gasteiger partial charge in [0.1, 0.15) is 41.9 Å². The molecule has 1 aliphatic heterocycles. The molecule has 0 fully saturated rings. The number of aromatic nitrogens is 3. The summed E-state index contributed by atoms with van der Waals surface area (Å²) >= 11 is 28.8. The molecule has 5 rings (SSSR count). The fourth-order valence-corrected chi connectivity index (χ4v) is 7.56. The molecule has 3 aromatic carbocycles. The molecule has 2 atom stereocenters. The first-order chi connectivity index (χ1) is 32.9. The fraction of sp³-hybridized carbons (Fsp3) is 0.442. The Bertz CT molecular complexity index is 2480. The second-order valence-electron chi connectivity index (χ2n) is 14.5. The number of para-hydroxylation sites is 3. The molecule has 1 aromatic heterocycles. The Hall–Kier alpha value is -4.41. The zero-order chi connectivity index (χ0) is 53.0. The highest BCUT2D eigenvalue weighted by Gasteiger charge is 2.32. The van der Waals surface area contributed by atoms with Gasteiger partial charge in [-0.2, -0.15) is 13.5 Å². The predicted molar refractivity (Wildman–Crippen MR) is 261 cm³/mol. The monoisotopic (exact) mass is 1110 g/mol. The van der Waals surface area contributed by atoms with Gasteiger partial charge in [-0.1, -0.05) is 79.0 Å². The molecule has 0 saturated heterocycles. The number of esters is 1. The molecule has 70 heavy (non-hydrogen) atoms. The topological polar surface area (TPSA) is 232 Å². The van der Waals surface area contributed by atoms with Crippen LogP contribution in [0.4, 0.5) is 24.5 Å². The van der Waals surface area contributed by atoms with Crippen LogP contribution in [0.25, 0.3) is 5.69 Å². The number of ether oxygens (including phenoxy) is 3. The number of fused-ring (bicyclic) bond motifs is 1. The molecule has 18 nitrogen and oxygen atoms in total. The maximum atomic E-state index is 14.2. The van der Waals surface area contributed by atoms with Gasteiger partial charge >= 0.3 is 31.8 Å². The van der Waals surface area contributed by atoms with Gasteiger partial charge in [0.2, 0.25) is 5.91 Å². The number of carboxylic acid groups (broad SMARTS) is 1. The van der Waals surface area contributed by atoms with Crippen LogP contribution in [0, 0.1) is 12.7 Å². The fourth-order valence-electron chi connectivity index (χ4n) is 6.34. The van der Waals surface area contributed by atoms with E-state index in [1.165, 1.54) is 6.92 Å². The molecule has 4 N–H and O–H groups in total. The summed E-state index contributed by atoms with van der Waals surface area (Å²) in [5.74, 6) is -2.86. The van der Waals surface area contributed by atoms with Crippen molar-refractivity contribution in [3.8, 4) is 11.4 Å². The molecule has 2 heterocycles. The number of nitrogens with zero attached hydrogens (tertiary/aromatic N) is 5. The second kappa shape index (κ2) is 29.8. The van der Waals surface area contributed by atoms with Crippen LogP contribution in [0.1, 0.15) is 56.8 Å². The van der Waals surface area contributed by atoms with Crippen LogP contribution < -0.4 is 25.5 Å². The maximum Gasteiger partial charge on any atom is 0.355 e. The van der Waals surface area contributed by atoms with Crippen LogP contribution in [0.3, 0.4) is 0 Å². The Morgan fingerprint density at radius 2 is 1.61 bits per heavy atom. The standard InChI is InChI=1S/C15H14Cl2F3N3O3.C14H20ClNO2.C11H11Cl2NO2.C3H8NO5P/c1-3-26-13(24)10(17)4-8-5-12(11(18)6-9(8)16)23-15(25)22(14(19)20)7(2)21-23;1-4-11-7-6-8-12(5-2)14(11)16(10-18-3)13(17)9-15;1-7-6-16-9-5-3-2-4-8(9)14(7)11(15)10(12)13;5-3(6)1-4-2-10(7,8)9/h5-6,10,14H,3-4H2,1-2H3;6-8H,4-5,9-10H2,1-3H3;2-5,7,10H,6H2,1H3;4H,1-2H2,(H,5,6)(H2,7,8,9). The Labute approximate surface area is 426 Å². The number of anilines is 2. The average Bonchev–Trinajstić information content (AvgIpc) is 3.60. The lowest BCUT2D eigenvalue weighted by molar-refractivity contribution is -0.142. The highest BCUT2D eigenvalue weighted by molar-refractivity contribution is 7.51. The summed E-state index contributed by atoms with van der Waals surface area (Å²) in [6.07, 6.45) is 1.03. The van der Waals surface area contributed by atoms with Gasteiger partial charge < -0.3 is 34.0 Å². The number of halogens is 8. The van der Waals surface area contributed by atoms with Crippen molar-refractivity contribution in [1.82, 2.24) is 19.7 Å². The molecule has 388 valence electrons. The molecule has 0 bridgehead atoms. The molecule has 0 saturated carbocycles. The Morgan fingerprint density at radius 3 is 2.11 bits per heavy atom. The molecule has 0 spiro atoms. The van der Waals surface area contributed by atoms with E-state index in [0.29, 0.717) is 17.0 Å². The number of aliphatic carboxylic acids is 1. The predicted octanol–water partition coefficient (Wildman–Crippen LogP) is 7.63. The Morgan fingerprint density at radius 1 is 1.00 bits per heavy atom. The van der Waals surface area contributed by atoms with Gasteiger partial charge in [0.15, 0.2) is 10.7 Å². The summed E-state index contributed by atoms with van der Waals surface area (Å²) < 4.78 is 66.2. The number of hydrogen-bond donors (Lipinski definition) is 4. The third kappa shape index (κ3) is 18.3. The number of benzene rings is 3. The molecule has 0 aliphatic carbocycles. The lowest BCUT2D eigenvalue weighted by Gasteiger charge is -2.35. The van der Waals surface area contributed by atoms with Crippen molar-refractivity contribution in [2.24, 2.45) is 0 Å². The summed E-state index contributed by atoms with van der Waals surface area (Å²) in [5, 5.41) is 12.6. The quantitative estimate of drug-likeness (QED) is 0.0345. The minimum Gasteiger partial charge on any atom is -0.489 e. The molecule has 0 radical (unpaired) electrons. The number of rotatable bonds is 17. The highest BCUT2D eigenvalue weighted by atomic mass is 35.5. The smallest absolute Gasteiger partial charge is 0.355 e. The molecule has 2 amide bonds. The first-order valence-corrected chi connectivity index (χ1v) is 24.9. The zero-order valence-corrected chi connectivity index (χ0v) is 43.3. The van der Waals surface area contributed by atoms with Crippen molar-refractivity contribution in [3.05, 3.63) is 98.4 Å². The summed E-state index contributed by atoms with van der Waals surface area (Å²) in [6.45, 7) is 6.09. The number of carbonyl (C=O) groups is 4. The van der Waals surface area contributed by atoms with Gasteiger partial charge in [-0.3, -0.25) is 34.0 Å². The molecule has 1 aliphatic rings. The number of carboxylic acids is 1. The number of carbonyl (C=O) groups excluding carboxylic acids is 3. The van der Waals surface area contributed by atoms with Gasteiger partial charge in [-0.25, -0.2) is 13.8 Å². The number of nitrogens with one attached hydrogen (secondary N) is 1. The number of amides is 2. The van der Waals surface area contributed by atoms with Crippen molar-refractivity contribution in [2.75, 3.05) is 55.6 Å². The van der Waals surface area contributed by atoms with Crippen molar-refractivity contribution < 1.29 is 66.0 Å². The van der Waals surface area contributed by atoms with E-state index in [-0.39, 0.29) is 70.2 Å². The normalized spacial score (nSPS) is 13.3. The first-order valence-electron chi connectivity index (χ1n) is 20.9. The minimum atomic E-state index is -4.10. The van der Waals surface area contributed by atoms with Crippen molar-refractivity contribution in [3.63, 3.8) is 0 Å². The largest absolute Gasteiger partial charge is 0.489 e. The third-order valence-electron chi connectivity index (χ3n) is 9.43. The Balaban J connectivity index is 0.000000337. The van der Waals surface area contributed by atoms with Gasteiger partial charge in [0.25, 0.3) is 5.91 Å². The van der Waals surface area contributed by atoms with Crippen molar-refractivity contribution >= 4 is 101 Å². The number of alkyl halides is 6. The van der Waals surface area contributed by atoms with Crippen LogP contribution in [0.2, 0.25) is 5.02 Å². The summed E-state index contributed by atoms with van der Waals surface area (Å²) in [6, 6.07) is 15.4. The van der Waals surface area contributed by atoms with Gasteiger partial charge in [-0.05, 0) is 74.6 Å². The van der Waals surface area contributed by atoms with E-state index in [4.69, 9.17) is 87.1 Å². The lowest BCUT2D eigenvalue weighted by Crippen LogP contribution is -2.47. The first kappa shape index (κ1) is 61.7. The van der Waals surface area contributed by atoms with E-state index in [1.807, 2.05) is 49.4 Å². The lowest BCUT2D eigenvalue weighted by atomic mass is 10.0. The molecular formula is C43H53Cl5F3N6O12P. The molecule has 4 aromatic rings. The summed E-state index contributed by atoms with van der Waals surface area (Å²) in [5.41, 5.74) is 2.59. The van der Waals surface area contributed by atoms with E-state index < -0.39 is 60.6 Å². The van der Waals surface area contributed by atoms with Crippen LogP contribution in [0.15, 0.2) is 59.4 Å². The third-order valence-corrected chi connectivity index (χ3v) is 11.4. The number of aryl methyl sites for hydroxylation is 3. The van der Waals surface area contributed by atoms with Crippen molar-refractivity contribution in [1.29, 1.82) is 0 Å². The average molecular weight is 1110 g/mol. The van der Waals surface area contributed by atoms with E-state index in [1.54, 1.807) is 23.8 Å². The maximum absolute atomic E-state index is 14.2. The number of methoxy groups -OCH3 is 1. The van der Waals surface area contributed by atoms with Crippen LogP contribution in [-0.2, 0) is 52.5 Å². The van der Waals surface area contributed by atoms with E-state index in [0.717, 1.165) is 47.5 Å². The molecule has 2 unspecified atom stereocenters. The second-order valence-corrected chi connectivity index (χ2v) is 18.4. The van der Waals surface area contributed by atoms with Gasteiger partial charge in [0, 0.05) is 18.6 Å². The van der Waals surface area contributed by atoms with E-state index >= 15 is 0 Å². The molecule has 27 heteroatoms. The number of hydrogen-bond acceptors (Lipinski definition) is 11. The van der Waals surface area contributed by atoms with E-state index in [2.05, 4.69) is 24.3 Å². The van der Waals surface area contributed by atoms with E-state index in [9.17, 15) is 41.7 Å². The molecular weight excluding hydrogens is 1060 g/mol. The highest BCUT2D eigenvalue weighted by Crippen LogP contribution is 2.35. The van der Waals surface area contributed by atoms with Crippen molar-refractivity contribution in [2.45, 2.75) is 76.7 Å². The van der Waals surface area contributed by atoms with Gasteiger partial charge in [-0.15, -0.1) is 28.3 Å². The van der Waals surface area contributed by atoms with Crippen LogP contribution >= 0.6 is 65.6 Å². The summed E-state index contributed by atoms with van der Waals surface area (Å²) in [7, 11) is -2.52. The Kier molecular flexibility index (Phi) is 26.3. The van der Waals surface area contributed by atoms with Crippen LogP contribution in [0.5, 0.6) is 5.75 Å². The minimum absolute atomic E-state index is 0.0371.